The Labute approximate surface area is 112 Å². The monoisotopic (exact) mass is 267 g/mol. The lowest BCUT2D eigenvalue weighted by Crippen LogP contribution is -2.50. The van der Waals surface area contributed by atoms with E-state index in [9.17, 15) is 4.79 Å². The Balaban J connectivity index is 1.91. The number of hydrogen-bond donors (Lipinski definition) is 1. The Kier molecular flexibility index (Phi) is 4.58. The summed E-state index contributed by atoms with van der Waals surface area (Å²) < 4.78 is 0. The summed E-state index contributed by atoms with van der Waals surface area (Å²) in [6, 6.07) is 7.50. The molecule has 98 valence electrons. The minimum atomic E-state index is -0.378. The van der Waals surface area contributed by atoms with Gasteiger partial charge in [-0.15, -0.1) is 0 Å². The Bertz CT molecular complexity index is 405. The van der Waals surface area contributed by atoms with Gasteiger partial charge in [-0.1, -0.05) is 23.7 Å². The van der Waals surface area contributed by atoms with Gasteiger partial charge in [-0.3, -0.25) is 4.90 Å². The minimum absolute atomic E-state index is 0.378. The fraction of sp³-hybridized carbons (Fsp3) is 0.462. The smallest absolute Gasteiger partial charge is 0.137 e. The third-order valence-corrected chi connectivity index (χ3v) is 3.53. The van der Waals surface area contributed by atoms with Gasteiger partial charge in [0.1, 0.15) is 6.29 Å². The fourth-order valence-electron chi connectivity index (χ4n) is 2.22. The van der Waals surface area contributed by atoms with Crippen LogP contribution in [0.5, 0.6) is 0 Å². The first-order chi connectivity index (χ1) is 8.70. The topological polar surface area (TPSA) is 49.6 Å². The highest BCUT2D eigenvalue weighted by Gasteiger charge is 2.19. The molecule has 2 rings (SSSR count). The second kappa shape index (κ2) is 6.18. The summed E-state index contributed by atoms with van der Waals surface area (Å²) in [4.78, 5) is 15.0. The lowest BCUT2D eigenvalue weighted by Gasteiger charge is -2.36. The third-order valence-electron chi connectivity index (χ3n) is 3.21. The van der Waals surface area contributed by atoms with E-state index in [4.69, 9.17) is 17.3 Å². The predicted molar refractivity (Wildman–Crippen MR) is 74.1 cm³/mol. The van der Waals surface area contributed by atoms with Crippen molar-refractivity contribution < 1.29 is 4.79 Å². The third kappa shape index (κ3) is 3.22. The number of benzene rings is 1. The average Bonchev–Trinajstić information content (AvgIpc) is 2.40. The molecule has 1 heterocycles. The van der Waals surface area contributed by atoms with Gasteiger partial charge in [-0.2, -0.15) is 0 Å². The van der Waals surface area contributed by atoms with Crippen LogP contribution in [0.3, 0.4) is 0 Å². The molecule has 0 spiro atoms. The zero-order valence-electron chi connectivity index (χ0n) is 10.3. The van der Waals surface area contributed by atoms with E-state index in [1.807, 2.05) is 24.3 Å². The van der Waals surface area contributed by atoms with Crippen LogP contribution in [-0.4, -0.2) is 50.0 Å². The van der Waals surface area contributed by atoms with Crippen molar-refractivity contribution in [3.05, 3.63) is 29.3 Å². The first-order valence-corrected chi connectivity index (χ1v) is 6.51. The van der Waals surface area contributed by atoms with Crippen LogP contribution in [0.2, 0.25) is 5.02 Å². The second-order valence-corrected chi connectivity index (χ2v) is 4.95. The summed E-state index contributed by atoms with van der Waals surface area (Å²) in [5.74, 6) is 0. The number of rotatable bonds is 4. The summed E-state index contributed by atoms with van der Waals surface area (Å²) in [5, 5.41) is 0.788. The van der Waals surface area contributed by atoms with E-state index in [0.717, 1.165) is 43.2 Å². The van der Waals surface area contributed by atoms with Crippen LogP contribution in [0.1, 0.15) is 0 Å². The number of carbonyl (C=O) groups excluding carboxylic acids is 1. The molecule has 1 atom stereocenters. The number of carbonyl (C=O) groups is 1. The SMILES string of the molecule is N[C@H](C=O)CN1CCN(c2ccccc2Cl)CC1. The van der Waals surface area contributed by atoms with Gasteiger partial charge in [0.15, 0.2) is 0 Å². The molecule has 4 nitrogen and oxygen atoms in total. The highest BCUT2D eigenvalue weighted by molar-refractivity contribution is 6.33. The van der Waals surface area contributed by atoms with Gasteiger partial charge in [0.2, 0.25) is 0 Å². The van der Waals surface area contributed by atoms with Gasteiger partial charge in [0, 0.05) is 32.7 Å². The highest BCUT2D eigenvalue weighted by atomic mass is 35.5. The van der Waals surface area contributed by atoms with Crippen molar-refractivity contribution in [2.45, 2.75) is 6.04 Å². The molecule has 1 aromatic rings. The Hall–Kier alpha value is -1.10. The van der Waals surface area contributed by atoms with Crippen molar-refractivity contribution in [1.82, 2.24) is 4.90 Å². The van der Waals surface area contributed by atoms with E-state index in [1.165, 1.54) is 0 Å². The molecule has 0 radical (unpaired) electrons. The molecule has 5 heteroatoms. The number of para-hydroxylation sites is 1. The number of aldehydes is 1. The van der Waals surface area contributed by atoms with Gasteiger partial charge in [-0.25, -0.2) is 0 Å². The van der Waals surface area contributed by atoms with Crippen LogP contribution in [0.4, 0.5) is 5.69 Å². The molecule has 0 amide bonds. The molecule has 1 saturated heterocycles. The Morgan fingerprint density at radius 1 is 1.28 bits per heavy atom. The lowest BCUT2D eigenvalue weighted by molar-refractivity contribution is -0.109. The Morgan fingerprint density at radius 2 is 1.94 bits per heavy atom. The second-order valence-electron chi connectivity index (χ2n) is 4.54. The molecule has 2 N–H and O–H groups in total. The van der Waals surface area contributed by atoms with Crippen molar-refractivity contribution in [2.75, 3.05) is 37.6 Å². The molecule has 1 aromatic carbocycles. The van der Waals surface area contributed by atoms with E-state index in [0.29, 0.717) is 6.54 Å². The van der Waals surface area contributed by atoms with E-state index in [1.54, 1.807) is 0 Å². The number of halogens is 1. The van der Waals surface area contributed by atoms with Gasteiger partial charge in [-0.05, 0) is 12.1 Å². The maximum Gasteiger partial charge on any atom is 0.137 e. The molecule has 1 fully saturated rings. The maximum atomic E-state index is 10.5. The molecular formula is C13H18ClN3O. The Morgan fingerprint density at radius 3 is 2.56 bits per heavy atom. The van der Waals surface area contributed by atoms with E-state index in [-0.39, 0.29) is 6.04 Å². The first-order valence-electron chi connectivity index (χ1n) is 6.13. The molecule has 0 unspecified atom stereocenters. The average molecular weight is 268 g/mol. The van der Waals surface area contributed by atoms with Gasteiger partial charge in [0.25, 0.3) is 0 Å². The molecule has 0 aliphatic carbocycles. The summed E-state index contributed by atoms with van der Waals surface area (Å²) in [5.41, 5.74) is 6.71. The first kappa shape index (κ1) is 13.3. The van der Waals surface area contributed by atoms with Crippen LogP contribution in [0.25, 0.3) is 0 Å². The number of piperazine rings is 1. The van der Waals surface area contributed by atoms with Crippen molar-refractivity contribution in [1.29, 1.82) is 0 Å². The zero-order valence-corrected chi connectivity index (χ0v) is 11.0. The van der Waals surface area contributed by atoms with E-state index < -0.39 is 0 Å². The van der Waals surface area contributed by atoms with Crippen molar-refractivity contribution in [2.24, 2.45) is 5.73 Å². The van der Waals surface area contributed by atoms with E-state index in [2.05, 4.69) is 9.80 Å². The largest absolute Gasteiger partial charge is 0.368 e. The number of nitrogens with two attached hydrogens (primary N) is 1. The van der Waals surface area contributed by atoms with Crippen LogP contribution in [0.15, 0.2) is 24.3 Å². The lowest BCUT2D eigenvalue weighted by atomic mass is 10.2. The molecule has 18 heavy (non-hydrogen) atoms. The number of hydrogen-bond acceptors (Lipinski definition) is 4. The van der Waals surface area contributed by atoms with Gasteiger partial charge >= 0.3 is 0 Å². The zero-order chi connectivity index (χ0) is 13.0. The number of anilines is 1. The fourth-order valence-corrected chi connectivity index (χ4v) is 2.48. The molecule has 1 aliphatic heterocycles. The molecule has 0 bridgehead atoms. The molecule has 1 aliphatic rings. The van der Waals surface area contributed by atoms with Crippen molar-refractivity contribution in [3.63, 3.8) is 0 Å². The molecule has 0 saturated carbocycles. The molecular weight excluding hydrogens is 250 g/mol. The van der Waals surface area contributed by atoms with Crippen LogP contribution < -0.4 is 10.6 Å². The van der Waals surface area contributed by atoms with E-state index >= 15 is 0 Å². The van der Waals surface area contributed by atoms with Crippen molar-refractivity contribution in [3.8, 4) is 0 Å². The minimum Gasteiger partial charge on any atom is -0.368 e. The van der Waals surface area contributed by atoms with Crippen LogP contribution in [0, 0.1) is 0 Å². The van der Waals surface area contributed by atoms with Gasteiger partial charge in [0.05, 0.1) is 16.8 Å². The summed E-state index contributed by atoms with van der Waals surface area (Å²) in [6.07, 6.45) is 0.806. The van der Waals surface area contributed by atoms with Gasteiger partial charge < -0.3 is 15.4 Å². The quantitative estimate of drug-likeness (QED) is 0.827. The van der Waals surface area contributed by atoms with Crippen LogP contribution >= 0.6 is 11.6 Å². The predicted octanol–water partition coefficient (Wildman–Crippen LogP) is 0.988. The molecule has 0 aromatic heterocycles. The normalized spacial score (nSPS) is 18.7. The summed E-state index contributed by atoms with van der Waals surface area (Å²) in [6.45, 7) is 4.28. The standard InChI is InChI=1S/C13H18ClN3O/c14-12-3-1-2-4-13(12)17-7-5-16(6-8-17)9-11(15)10-18/h1-4,10-11H,5-9,15H2/t11-/m0/s1. The maximum absolute atomic E-state index is 10.5. The summed E-state index contributed by atoms with van der Waals surface area (Å²) in [7, 11) is 0. The van der Waals surface area contributed by atoms with Crippen LogP contribution in [-0.2, 0) is 4.79 Å². The summed E-state index contributed by atoms with van der Waals surface area (Å²) >= 11 is 6.18. The van der Waals surface area contributed by atoms with Crippen molar-refractivity contribution >= 4 is 23.6 Å². The highest BCUT2D eigenvalue weighted by Crippen LogP contribution is 2.25. The number of nitrogens with zero attached hydrogens (tertiary/aromatic N) is 2.